The number of halogens is 1. The molecule has 0 radical (unpaired) electrons. The molecule has 5 heteroatoms. The molecule has 0 amide bonds. The van der Waals surface area contributed by atoms with Crippen molar-refractivity contribution < 1.29 is 14.6 Å². The molecule has 0 bridgehead atoms. The summed E-state index contributed by atoms with van der Waals surface area (Å²) in [6, 6.07) is 7.54. The van der Waals surface area contributed by atoms with Crippen molar-refractivity contribution >= 4 is 21.9 Å². The van der Waals surface area contributed by atoms with Crippen LogP contribution >= 0.6 is 15.9 Å². The summed E-state index contributed by atoms with van der Waals surface area (Å²) < 4.78 is 6.54. The van der Waals surface area contributed by atoms with Crippen LogP contribution in [0.5, 0.6) is 5.75 Å². The Morgan fingerprint density at radius 3 is 2.58 bits per heavy atom. The number of carboxylic acids is 1. The van der Waals surface area contributed by atoms with Crippen molar-refractivity contribution in [2.75, 3.05) is 13.2 Å². The normalized spacial score (nSPS) is 13.8. The van der Waals surface area contributed by atoms with Crippen molar-refractivity contribution in [1.29, 1.82) is 0 Å². The lowest BCUT2D eigenvalue weighted by molar-refractivity contribution is -0.144. The largest absolute Gasteiger partial charge is 0.492 e. The average Bonchev–Trinajstić information content (AvgIpc) is 2.37. The average molecular weight is 330 g/mol. The van der Waals surface area contributed by atoms with Gasteiger partial charge in [-0.15, -0.1) is 0 Å². The number of rotatable bonds is 8. The fourth-order valence-corrected chi connectivity index (χ4v) is 2.06. The Morgan fingerprint density at radius 1 is 1.42 bits per heavy atom. The highest BCUT2D eigenvalue weighted by atomic mass is 79.9. The van der Waals surface area contributed by atoms with Crippen molar-refractivity contribution in [1.82, 2.24) is 5.32 Å². The van der Waals surface area contributed by atoms with Crippen LogP contribution in [0.1, 0.15) is 26.7 Å². The predicted molar refractivity (Wildman–Crippen MR) is 78.6 cm³/mol. The number of ether oxygens (including phenoxy) is 1. The molecule has 1 unspecified atom stereocenters. The maximum Gasteiger partial charge on any atom is 0.323 e. The molecule has 106 valence electrons. The number of nitrogens with one attached hydrogen (secondary N) is 1. The fourth-order valence-electron chi connectivity index (χ4n) is 1.80. The topological polar surface area (TPSA) is 58.6 Å². The molecule has 1 aromatic rings. The van der Waals surface area contributed by atoms with Crippen molar-refractivity contribution in [3.05, 3.63) is 28.7 Å². The van der Waals surface area contributed by atoms with Gasteiger partial charge in [0.05, 0.1) is 0 Å². The predicted octanol–water partition coefficient (Wildman–Crippen LogP) is 3.06. The van der Waals surface area contributed by atoms with E-state index in [1.54, 1.807) is 6.92 Å². The highest BCUT2D eigenvalue weighted by molar-refractivity contribution is 9.10. The maximum atomic E-state index is 11.2. The van der Waals surface area contributed by atoms with Crippen LogP contribution in [0.3, 0.4) is 0 Å². The highest BCUT2D eigenvalue weighted by Crippen LogP contribution is 2.16. The van der Waals surface area contributed by atoms with Crippen LogP contribution in [0.2, 0.25) is 0 Å². The van der Waals surface area contributed by atoms with Gasteiger partial charge in [0.2, 0.25) is 0 Å². The molecule has 0 aromatic heterocycles. The second-order valence-electron chi connectivity index (χ2n) is 4.62. The summed E-state index contributed by atoms with van der Waals surface area (Å²) in [6.07, 6.45) is 1.42. The smallest absolute Gasteiger partial charge is 0.323 e. The lowest BCUT2D eigenvalue weighted by Crippen LogP contribution is -2.50. The van der Waals surface area contributed by atoms with Gasteiger partial charge in [-0.2, -0.15) is 0 Å². The zero-order chi connectivity index (χ0) is 14.3. The van der Waals surface area contributed by atoms with Gasteiger partial charge in [0, 0.05) is 11.0 Å². The van der Waals surface area contributed by atoms with E-state index in [0.717, 1.165) is 16.6 Å². The SMILES string of the molecule is CCCC(C)(NCCOc1ccc(Br)cc1)C(=O)O. The van der Waals surface area contributed by atoms with Crippen LogP contribution in [0.4, 0.5) is 0 Å². The van der Waals surface area contributed by atoms with Gasteiger partial charge >= 0.3 is 5.97 Å². The first kappa shape index (κ1) is 16.0. The number of hydrogen-bond acceptors (Lipinski definition) is 3. The molecular weight excluding hydrogens is 310 g/mol. The minimum atomic E-state index is -0.877. The molecule has 0 aliphatic rings. The molecule has 0 saturated carbocycles. The van der Waals surface area contributed by atoms with Crippen LogP contribution in [-0.4, -0.2) is 29.8 Å². The lowest BCUT2D eigenvalue weighted by atomic mass is 9.96. The number of carbonyl (C=O) groups is 1. The van der Waals surface area contributed by atoms with Gasteiger partial charge in [-0.3, -0.25) is 10.1 Å². The van der Waals surface area contributed by atoms with Crippen molar-refractivity contribution in [3.63, 3.8) is 0 Å². The van der Waals surface area contributed by atoms with Crippen LogP contribution in [0.25, 0.3) is 0 Å². The summed E-state index contributed by atoms with van der Waals surface area (Å²) >= 11 is 3.35. The minimum absolute atomic E-state index is 0.439. The standard InChI is InChI=1S/C14H20BrNO3/c1-3-8-14(2,13(17)18)16-9-10-19-12-6-4-11(15)5-7-12/h4-7,16H,3,8-10H2,1-2H3,(H,17,18). The van der Waals surface area contributed by atoms with Gasteiger partial charge in [0.1, 0.15) is 17.9 Å². The molecular formula is C14H20BrNO3. The third-order valence-corrected chi connectivity index (χ3v) is 3.45. The Bertz CT molecular complexity index is 408. The molecule has 0 saturated heterocycles. The molecule has 2 N–H and O–H groups in total. The zero-order valence-corrected chi connectivity index (χ0v) is 12.9. The Labute approximate surface area is 122 Å². The van der Waals surface area contributed by atoms with Crippen LogP contribution in [0, 0.1) is 0 Å². The van der Waals surface area contributed by atoms with E-state index in [2.05, 4.69) is 21.2 Å². The van der Waals surface area contributed by atoms with Gasteiger partial charge in [0.25, 0.3) is 0 Å². The number of carboxylic acid groups (broad SMARTS) is 1. The third kappa shape index (κ3) is 5.20. The first-order valence-corrected chi connectivity index (χ1v) is 7.14. The molecule has 4 nitrogen and oxygen atoms in total. The third-order valence-electron chi connectivity index (χ3n) is 2.92. The van der Waals surface area contributed by atoms with Gasteiger partial charge in [0.15, 0.2) is 0 Å². The first-order valence-electron chi connectivity index (χ1n) is 6.35. The van der Waals surface area contributed by atoms with Gasteiger partial charge in [-0.05, 0) is 37.6 Å². The van der Waals surface area contributed by atoms with Crippen molar-refractivity contribution in [3.8, 4) is 5.75 Å². The van der Waals surface area contributed by atoms with Gasteiger partial charge in [-0.25, -0.2) is 0 Å². The fraction of sp³-hybridized carbons (Fsp3) is 0.500. The van der Waals surface area contributed by atoms with Crippen molar-refractivity contribution in [2.24, 2.45) is 0 Å². The number of aliphatic carboxylic acids is 1. The summed E-state index contributed by atoms with van der Waals surface area (Å²) in [4.78, 5) is 11.2. The molecule has 0 heterocycles. The van der Waals surface area contributed by atoms with Crippen LogP contribution < -0.4 is 10.1 Å². The second-order valence-corrected chi connectivity index (χ2v) is 5.53. The Kier molecular flexibility index (Phi) is 6.31. The molecule has 1 aromatic carbocycles. The van der Waals surface area contributed by atoms with E-state index >= 15 is 0 Å². The van der Waals surface area contributed by atoms with Crippen LogP contribution in [-0.2, 0) is 4.79 Å². The van der Waals surface area contributed by atoms with E-state index in [0.29, 0.717) is 19.6 Å². The molecule has 0 fully saturated rings. The van der Waals surface area contributed by atoms with E-state index in [-0.39, 0.29) is 0 Å². The molecule has 1 atom stereocenters. The molecule has 19 heavy (non-hydrogen) atoms. The maximum absolute atomic E-state index is 11.2. The van der Waals surface area contributed by atoms with Crippen LogP contribution in [0.15, 0.2) is 28.7 Å². The molecule has 1 rings (SSSR count). The first-order chi connectivity index (χ1) is 8.98. The van der Waals surface area contributed by atoms with Gasteiger partial charge in [-0.1, -0.05) is 29.3 Å². The molecule has 0 spiro atoms. The minimum Gasteiger partial charge on any atom is -0.492 e. The van der Waals surface area contributed by atoms with E-state index in [1.165, 1.54) is 0 Å². The van der Waals surface area contributed by atoms with Gasteiger partial charge < -0.3 is 9.84 Å². The summed E-state index contributed by atoms with van der Waals surface area (Å²) in [6.45, 7) is 4.62. The monoisotopic (exact) mass is 329 g/mol. The summed E-state index contributed by atoms with van der Waals surface area (Å²) in [5.41, 5.74) is -0.877. The molecule has 0 aliphatic heterocycles. The lowest BCUT2D eigenvalue weighted by Gasteiger charge is -2.25. The second kappa shape index (κ2) is 7.50. The van der Waals surface area contributed by atoms with E-state index in [1.807, 2.05) is 31.2 Å². The summed E-state index contributed by atoms with van der Waals surface area (Å²) in [7, 11) is 0. The number of hydrogen-bond donors (Lipinski definition) is 2. The Hall–Kier alpha value is -1.07. The quantitative estimate of drug-likeness (QED) is 0.719. The Morgan fingerprint density at radius 2 is 2.05 bits per heavy atom. The van der Waals surface area contributed by atoms with Crippen molar-refractivity contribution in [2.45, 2.75) is 32.2 Å². The van der Waals surface area contributed by atoms with E-state index < -0.39 is 11.5 Å². The zero-order valence-electron chi connectivity index (χ0n) is 11.3. The highest BCUT2D eigenvalue weighted by Gasteiger charge is 2.30. The summed E-state index contributed by atoms with van der Waals surface area (Å²) in [5, 5.41) is 12.2. The number of benzene rings is 1. The molecule has 0 aliphatic carbocycles. The Balaban J connectivity index is 2.36. The summed E-state index contributed by atoms with van der Waals surface area (Å²) in [5.74, 6) is -0.0458. The van der Waals surface area contributed by atoms with E-state index in [9.17, 15) is 9.90 Å². The van der Waals surface area contributed by atoms with E-state index in [4.69, 9.17) is 4.74 Å².